The van der Waals surface area contributed by atoms with Crippen molar-refractivity contribution in [2.75, 3.05) is 13.6 Å². The number of aliphatic carboxylic acids is 1. The van der Waals surface area contributed by atoms with E-state index in [1.54, 1.807) is 6.08 Å². The number of nitrogens with zero attached hydrogens (tertiary/aromatic N) is 1. The highest BCUT2D eigenvalue weighted by molar-refractivity contribution is 5.86. The van der Waals surface area contributed by atoms with Crippen LogP contribution in [-0.2, 0) is 4.79 Å². The van der Waals surface area contributed by atoms with Gasteiger partial charge in [-0.15, -0.1) is 0 Å². The zero-order valence-electron chi connectivity index (χ0n) is 10.5. The fraction of sp³-hybridized carbons (Fsp3) is 0.750. The minimum atomic E-state index is -0.805. The Morgan fingerprint density at radius 2 is 1.93 bits per heavy atom. The zero-order chi connectivity index (χ0) is 12.1. The lowest BCUT2D eigenvalue weighted by atomic mass is 10.00. The van der Waals surface area contributed by atoms with Crippen molar-refractivity contribution in [3.63, 3.8) is 0 Å². The summed E-state index contributed by atoms with van der Waals surface area (Å²) in [6.07, 6.45) is 3.43. The third-order valence-corrected chi connectivity index (χ3v) is 3.17. The van der Waals surface area contributed by atoms with E-state index in [1.807, 2.05) is 14.0 Å². The number of carbonyl (C=O) groups is 1. The summed E-state index contributed by atoms with van der Waals surface area (Å²) in [5, 5.41) is 8.86. The Bertz CT molecular complexity index is 244. The van der Waals surface area contributed by atoms with Crippen LogP contribution in [0, 0.1) is 0 Å². The van der Waals surface area contributed by atoms with E-state index in [0.717, 1.165) is 6.42 Å². The van der Waals surface area contributed by atoms with Crippen molar-refractivity contribution in [2.24, 2.45) is 0 Å². The first-order chi connectivity index (χ1) is 6.85. The zero-order valence-corrected chi connectivity index (χ0v) is 10.5. The topological polar surface area (TPSA) is 40.5 Å². The normalized spacial score (nSPS) is 13.3. The minimum Gasteiger partial charge on any atom is -0.478 e. The molecule has 0 atom stereocenters. The van der Waals surface area contributed by atoms with Gasteiger partial charge in [-0.25, -0.2) is 4.79 Å². The van der Waals surface area contributed by atoms with Crippen molar-refractivity contribution in [1.82, 2.24) is 4.90 Å². The number of carboxylic acids is 1. The maximum Gasteiger partial charge on any atom is 0.331 e. The van der Waals surface area contributed by atoms with Crippen LogP contribution in [0.1, 0.15) is 40.5 Å². The Labute approximate surface area is 92.8 Å². The van der Waals surface area contributed by atoms with Crippen molar-refractivity contribution >= 4 is 5.97 Å². The summed E-state index contributed by atoms with van der Waals surface area (Å²) in [5.74, 6) is -0.805. The molecule has 15 heavy (non-hydrogen) atoms. The van der Waals surface area contributed by atoms with Gasteiger partial charge in [0.25, 0.3) is 0 Å². The van der Waals surface area contributed by atoms with E-state index in [4.69, 9.17) is 5.11 Å². The molecule has 0 spiro atoms. The molecule has 0 heterocycles. The van der Waals surface area contributed by atoms with E-state index in [2.05, 4.69) is 25.7 Å². The maximum absolute atomic E-state index is 10.8. The lowest BCUT2D eigenvalue weighted by Crippen LogP contribution is -2.40. The van der Waals surface area contributed by atoms with Crippen LogP contribution in [0.25, 0.3) is 0 Å². The molecule has 0 aliphatic heterocycles. The predicted molar refractivity (Wildman–Crippen MR) is 63.0 cm³/mol. The summed E-state index contributed by atoms with van der Waals surface area (Å²) in [6, 6.07) is 0. The number of carboxylic acid groups (broad SMARTS) is 1. The molecule has 0 amide bonds. The van der Waals surface area contributed by atoms with Crippen LogP contribution in [0.15, 0.2) is 11.6 Å². The van der Waals surface area contributed by atoms with Crippen molar-refractivity contribution in [3.05, 3.63) is 11.6 Å². The van der Waals surface area contributed by atoms with Crippen LogP contribution >= 0.6 is 0 Å². The van der Waals surface area contributed by atoms with E-state index in [-0.39, 0.29) is 5.54 Å². The van der Waals surface area contributed by atoms with Gasteiger partial charge in [0, 0.05) is 17.7 Å². The molecule has 0 unspecified atom stereocenters. The summed E-state index contributed by atoms with van der Waals surface area (Å²) in [7, 11) is 2.02. The first-order valence-corrected chi connectivity index (χ1v) is 5.48. The second kappa shape index (κ2) is 5.91. The molecule has 0 saturated carbocycles. The second-order valence-electron chi connectivity index (χ2n) is 4.43. The van der Waals surface area contributed by atoms with Gasteiger partial charge in [0.05, 0.1) is 0 Å². The van der Waals surface area contributed by atoms with E-state index in [0.29, 0.717) is 18.5 Å². The molecule has 0 aromatic carbocycles. The lowest BCUT2D eigenvalue weighted by molar-refractivity contribution is -0.132. The Morgan fingerprint density at radius 3 is 2.27 bits per heavy atom. The standard InChI is InChI=1S/C12H23NO2/c1-6-10(11(14)15)8-9-13(5)12(3,4)7-2/h8H,6-7,9H2,1-5H3,(H,14,15). The van der Waals surface area contributed by atoms with Crippen LogP contribution in [0.5, 0.6) is 0 Å². The first kappa shape index (κ1) is 14.2. The Hall–Kier alpha value is -0.830. The summed E-state index contributed by atoms with van der Waals surface area (Å²) in [6.45, 7) is 9.01. The summed E-state index contributed by atoms with van der Waals surface area (Å²) in [5.41, 5.74) is 0.613. The number of hydrogen-bond acceptors (Lipinski definition) is 2. The van der Waals surface area contributed by atoms with Gasteiger partial charge in [-0.1, -0.05) is 19.9 Å². The second-order valence-corrected chi connectivity index (χ2v) is 4.43. The van der Waals surface area contributed by atoms with Gasteiger partial charge in [0.2, 0.25) is 0 Å². The molecule has 1 N–H and O–H groups in total. The quantitative estimate of drug-likeness (QED) is 0.689. The van der Waals surface area contributed by atoms with E-state index in [1.165, 1.54) is 0 Å². The van der Waals surface area contributed by atoms with Crippen LogP contribution < -0.4 is 0 Å². The van der Waals surface area contributed by atoms with Gasteiger partial charge in [-0.05, 0) is 33.7 Å². The van der Waals surface area contributed by atoms with Crippen molar-refractivity contribution in [2.45, 2.75) is 46.1 Å². The Morgan fingerprint density at radius 1 is 1.40 bits per heavy atom. The highest BCUT2D eigenvalue weighted by Gasteiger charge is 2.20. The Balaban J connectivity index is 4.42. The molecule has 0 radical (unpaired) electrons. The number of hydrogen-bond donors (Lipinski definition) is 1. The fourth-order valence-electron chi connectivity index (χ4n) is 1.15. The van der Waals surface area contributed by atoms with Gasteiger partial charge >= 0.3 is 5.97 Å². The average molecular weight is 213 g/mol. The van der Waals surface area contributed by atoms with Gasteiger partial charge in [0.15, 0.2) is 0 Å². The van der Waals surface area contributed by atoms with Gasteiger partial charge in [-0.3, -0.25) is 4.90 Å². The molecular weight excluding hydrogens is 190 g/mol. The van der Waals surface area contributed by atoms with E-state index >= 15 is 0 Å². The third-order valence-electron chi connectivity index (χ3n) is 3.17. The maximum atomic E-state index is 10.8. The number of likely N-dealkylation sites (N-methyl/N-ethyl adjacent to an activating group) is 1. The predicted octanol–water partition coefficient (Wildman–Crippen LogP) is 2.53. The molecule has 0 fully saturated rings. The van der Waals surface area contributed by atoms with Crippen LogP contribution in [0.2, 0.25) is 0 Å². The van der Waals surface area contributed by atoms with Crippen LogP contribution in [0.4, 0.5) is 0 Å². The van der Waals surface area contributed by atoms with Crippen molar-refractivity contribution in [3.8, 4) is 0 Å². The van der Waals surface area contributed by atoms with Gasteiger partial charge in [0.1, 0.15) is 0 Å². The highest BCUT2D eigenvalue weighted by Crippen LogP contribution is 2.16. The molecule has 0 aliphatic carbocycles. The minimum absolute atomic E-state index is 0.119. The lowest BCUT2D eigenvalue weighted by Gasteiger charge is -2.34. The van der Waals surface area contributed by atoms with Crippen LogP contribution in [-0.4, -0.2) is 35.1 Å². The SMILES string of the molecule is CCC(=CCN(C)C(C)(C)CC)C(=O)O. The molecule has 0 bridgehead atoms. The molecule has 88 valence electrons. The monoisotopic (exact) mass is 213 g/mol. The molecule has 0 saturated heterocycles. The van der Waals surface area contributed by atoms with Crippen molar-refractivity contribution < 1.29 is 9.90 Å². The smallest absolute Gasteiger partial charge is 0.331 e. The molecular formula is C12H23NO2. The number of rotatable bonds is 6. The Kier molecular flexibility index (Phi) is 5.58. The molecule has 0 rings (SSSR count). The van der Waals surface area contributed by atoms with E-state index in [9.17, 15) is 4.79 Å². The fourth-order valence-corrected chi connectivity index (χ4v) is 1.15. The first-order valence-electron chi connectivity index (χ1n) is 5.48. The van der Waals surface area contributed by atoms with Crippen LogP contribution in [0.3, 0.4) is 0 Å². The molecule has 0 aromatic rings. The summed E-state index contributed by atoms with van der Waals surface area (Å²) in [4.78, 5) is 12.9. The largest absolute Gasteiger partial charge is 0.478 e. The molecule has 0 aliphatic rings. The van der Waals surface area contributed by atoms with E-state index < -0.39 is 5.97 Å². The molecule has 3 heteroatoms. The molecule has 0 aromatic heterocycles. The highest BCUT2D eigenvalue weighted by atomic mass is 16.4. The van der Waals surface area contributed by atoms with Crippen molar-refractivity contribution in [1.29, 1.82) is 0 Å². The average Bonchev–Trinajstić information content (AvgIpc) is 2.17. The van der Waals surface area contributed by atoms with Gasteiger partial charge < -0.3 is 5.11 Å². The summed E-state index contributed by atoms with van der Waals surface area (Å²) < 4.78 is 0. The molecule has 3 nitrogen and oxygen atoms in total. The summed E-state index contributed by atoms with van der Waals surface area (Å²) >= 11 is 0. The van der Waals surface area contributed by atoms with Gasteiger partial charge in [-0.2, -0.15) is 0 Å². The third kappa shape index (κ3) is 4.47.